The maximum absolute atomic E-state index is 13.3. The Morgan fingerprint density at radius 1 is 1.35 bits per heavy atom. The average Bonchev–Trinajstić information content (AvgIpc) is 2.39. The Morgan fingerprint density at radius 2 is 2.05 bits per heavy atom. The lowest BCUT2D eigenvalue weighted by atomic mass is 9.88. The highest BCUT2D eigenvalue weighted by molar-refractivity contribution is 5.92. The Kier molecular flexibility index (Phi) is 6.61. The first-order valence-electron chi connectivity index (χ1n) is 6.80. The first-order valence-corrected chi connectivity index (χ1v) is 6.80. The molecule has 0 spiro atoms. The van der Waals surface area contributed by atoms with Gasteiger partial charge in [0, 0.05) is 13.2 Å². The van der Waals surface area contributed by atoms with Crippen LogP contribution in [0.15, 0.2) is 24.3 Å². The SMILES string of the molecule is CC(C)(CCCO)CNCC(=O)Nc1ccccc1F. The zero-order valence-electron chi connectivity index (χ0n) is 12.1. The van der Waals surface area contributed by atoms with Gasteiger partial charge in [0.15, 0.2) is 0 Å². The molecule has 0 bridgehead atoms. The Hall–Kier alpha value is -1.46. The van der Waals surface area contributed by atoms with Crippen LogP contribution in [0.1, 0.15) is 26.7 Å². The number of amides is 1. The van der Waals surface area contributed by atoms with Gasteiger partial charge in [-0.05, 0) is 30.4 Å². The summed E-state index contributed by atoms with van der Waals surface area (Å²) >= 11 is 0. The van der Waals surface area contributed by atoms with Crippen LogP contribution in [-0.2, 0) is 4.79 Å². The van der Waals surface area contributed by atoms with Crippen molar-refractivity contribution in [1.29, 1.82) is 0 Å². The number of rotatable bonds is 8. The molecule has 0 saturated carbocycles. The van der Waals surface area contributed by atoms with Crippen molar-refractivity contribution in [2.45, 2.75) is 26.7 Å². The summed E-state index contributed by atoms with van der Waals surface area (Å²) in [5, 5.41) is 14.4. The highest BCUT2D eigenvalue weighted by Crippen LogP contribution is 2.20. The highest BCUT2D eigenvalue weighted by Gasteiger charge is 2.17. The van der Waals surface area contributed by atoms with E-state index in [9.17, 15) is 9.18 Å². The van der Waals surface area contributed by atoms with Gasteiger partial charge in [-0.1, -0.05) is 26.0 Å². The van der Waals surface area contributed by atoms with E-state index in [-0.39, 0.29) is 30.2 Å². The minimum absolute atomic E-state index is 0.0149. The Labute approximate surface area is 119 Å². The number of anilines is 1. The molecule has 0 radical (unpaired) electrons. The molecule has 0 saturated heterocycles. The smallest absolute Gasteiger partial charge is 0.238 e. The van der Waals surface area contributed by atoms with Crippen molar-refractivity contribution in [3.05, 3.63) is 30.1 Å². The van der Waals surface area contributed by atoms with Crippen molar-refractivity contribution in [1.82, 2.24) is 5.32 Å². The second kappa shape index (κ2) is 7.97. The van der Waals surface area contributed by atoms with E-state index in [0.29, 0.717) is 6.54 Å². The van der Waals surface area contributed by atoms with E-state index in [1.807, 2.05) is 0 Å². The molecule has 0 aliphatic heterocycles. The number of aliphatic hydroxyl groups is 1. The summed E-state index contributed by atoms with van der Waals surface area (Å²) in [6.45, 7) is 5.13. The van der Waals surface area contributed by atoms with E-state index in [0.717, 1.165) is 12.8 Å². The Balaban J connectivity index is 2.32. The molecule has 5 heteroatoms. The quantitative estimate of drug-likeness (QED) is 0.684. The molecule has 4 nitrogen and oxygen atoms in total. The van der Waals surface area contributed by atoms with Crippen LogP contribution in [0.2, 0.25) is 0 Å². The molecule has 1 rings (SSSR count). The van der Waals surface area contributed by atoms with E-state index >= 15 is 0 Å². The fourth-order valence-electron chi connectivity index (χ4n) is 1.92. The lowest BCUT2D eigenvalue weighted by Crippen LogP contribution is -2.35. The van der Waals surface area contributed by atoms with Crippen LogP contribution in [-0.4, -0.2) is 30.7 Å². The monoisotopic (exact) mass is 282 g/mol. The predicted molar refractivity (Wildman–Crippen MR) is 78.0 cm³/mol. The zero-order chi connectivity index (χ0) is 15.0. The molecular formula is C15H23FN2O2. The van der Waals surface area contributed by atoms with Gasteiger partial charge in [-0.2, -0.15) is 0 Å². The topological polar surface area (TPSA) is 61.4 Å². The fourth-order valence-corrected chi connectivity index (χ4v) is 1.92. The van der Waals surface area contributed by atoms with Gasteiger partial charge < -0.3 is 15.7 Å². The molecule has 3 N–H and O–H groups in total. The van der Waals surface area contributed by atoms with Crippen LogP contribution in [0.5, 0.6) is 0 Å². The van der Waals surface area contributed by atoms with Crippen LogP contribution in [0.3, 0.4) is 0 Å². The molecule has 0 fully saturated rings. The van der Waals surface area contributed by atoms with Gasteiger partial charge in [0.25, 0.3) is 0 Å². The van der Waals surface area contributed by atoms with E-state index in [1.54, 1.807) is 12.1 Å². The zero-order valence-corrected chi connectivity index (χ0v) is 12.1. The van der Waals surface area contributed by atoms with Gasteiger partial charge >= 0.3 is 0 Å². The normalized spacial score (nSPS) is 11.4. The summed E-state index contributed by atoms with van der Waals surface area (Å²) in [4.78, 5) is 11.7. The summed E-state index contributed by atoms with van der Waals surface area (Å²) in [7, 11) is 0. The van der Waals surface area contributed by atoms with E-state index in [4.69, 9.17) is 5.11 Å². The standard InChI is InChI=1S/C15H23FN2O2/c1-15(2,8-5-9-19)11-17-10-14(20)18-13-7-4-3-6-12(13)16/h3-4,6-7,17,19H,5,8-11H2,1-2H3,(H,18,20). The third-order valence-electron chi connectivity index (χ3n) is 3.05. The molecule has 112 valence electrons. The molecule has 0 aliphatic rings. The minimum atomic E-state index is -0.441. The molecule has 0 unspecified atom stereocenters. The van der Waals surface area contributed by atoms with Crippen LogP contribution in [0, 0.1) is 11.2 Å². The van der Waals surface area contributed by atoms with Crippen LogP contribution >= 0.6 is 0 Å². The van der Waals surface area contributed by atoms with E-state index in [2.05, 4.69) is 24.5 Å². The number of nitrogens with one attached hydrogen (secondary N) is 2. The lowest BCUT2D eigenvalue weighted by molar-refractivity contribution is -0.115. The predicted octanol–water partition coefficient (Wildman–Crippen LogP) is 2.15. The maximum Gasteiger partial charge on any atom is 0.238 e. The first-order chi connectivity index (χ1) is 9.44. The van der Waals surface area contributed by atoms with Crippen molar-refractivity contribution in [2.24, 2.45) is 5.41 Å². The summed E-state index contributed by atoms with van der Waals surface area (Å²) in [6, 6.07) is 6.08. The first kappa shape index (κ1) is 16.6. The molecule has 20 heavy (non-hydrogen) atoms. The maximum atomic E-state index is 13.3. The van der Waals surface area contributed by atoms with Crippen molar-refractivity contribution in [2.75, 3.05) is 25.0 Å². The number of benzene rings is 1. The van der Waals surface area contributed by atoms with Crippen molar-refractivity contribution in [3.63, 3.8) is 0 Å². The van der Waals surface area contributed by atoms with Gasteiger partial charge in [0.05, 0.1) is 12.2 Å². The lowest BCUT2D eigenvalue weighted by Gasteiger charge is -2.24. The number of aliphatic hydroxyl groups excluding tert-OH is 1. The van der Waals surface area contributed by atoms with Crippen molar-refractivity contribution in [3.8, 4) is 0 Å². The number of hydrogen-bond donors (Lipinski definition) is 3. The summed E-state index contributed by atoms with van der Waals surface area (Å²) in [5.74, 6) is -0.711. The highest BCUT2D eigenvalue weighted by atomic mass is 19.1. The molecule has 1 amide bonds. The summed E-state index contributed by atoms with van der Waals surface area (Å²) in [5.41, 5.74) is 0.208. The van der Waals surface area contributed by atoms with Gasteiger partial charge in [-0.3, -0.25) is 4.79 Å². The van der Waals surface area contributed by atoms with Gasteiger partial charge in [0.1, 0.15) is 5.82 Å². The molecule has 1 aromatic rings. The number of para-hydroxylation sites is 1. The Morgan fingerprint density at radius 3 is 2.70 bits per heavy atom. The second-order valence-electron chi connectivity index (χ2n) is 5.62. The molecule has 0 aliphatic carbocycles. The van der Waals surface area contributed by atoms with Crippen LogP contribution < -0.4 is 10.6 Å². The number of hydrogen-bond acceptors (Lipinski definition) is 3. The van der Waals surface area contributed by atoms with Gasteiger partial charge in [0.2, 0.25) is 5.91 Å². The third kappa shape index (κ3) is 6.12. The number of halogens is 1. The van der Waals surface area contributed by atoms with Crippen LogP contribution in [0.25, 0.3) is 0 Å². The van der Waals surface area contributed by atoms with Gasteiger partial charge in [-0.25, -0.2) is 4.39 Å². The van der Waals surface area contributed by atoms with Crippen molar-refractivity contribution < 1.29 is 14.3 Å². The second-order valence-corrected chi connectivity index (χ2v) is 5.62. The fraction of sp³-hybridized carbons (Fsp3) is 0.533. The average molecular weight is 282 g/mol. The Bertz CT molecular complexity index is 436. The third-order valence-corrected chi connectivity index (χ3v) is 3.05. The summed E-state index contributed by atoms with van der Waals surface area (Å²) in [6.07, 6.45) is 1.63. The molecular weight excluding hydrogens is 259 g/mol. The minimum Gasteiger partial charge on any atom is -0.396 e. The van der Waals surface area contributed by atoms with E-state index < -0.39 is 5.82 Å². The molecule has 1 aromatic carbocycles. The molecule has 0 aromatic heterocycles. The summed E-state index contributed by atoms with van der Waals surface area (Å²) < 4.78 is 13.3. The molecule has 0 atom stereocenters. The van der Waals surface area contributed by atoms with E-state index in [1.165, 1.54) is 12.1 Å². The molecule has 0 heterocycles. The number of carbonyl (C=O) groups excluding carboxylic acids is 1. The largest absolute Gasteiger partial charge is 0.396 e. The van der Waals surface area contributed by atoms with Crippen molar-refractivity contribution >= 4 is 11.6 Å². The van der Waals surface area contributed by atoms with Gasteiger partial charge in [-0.15, -0.1) is 0 Å². The van der Waals surface area contributed by atoms with Crippen LogP contribution in [0.4, 0.5) is 10.1 Å². The number of carbonyl (C=O) groups is 1.